The molecule has 0 bridgehead atoms. The number of nitrogens with two attached hydrogens (primary N) is 3. The summed E-state index contributed by atoms with van der Waals surface area (Å²) in [6.45, 7) is 0. The number of amides is 1. The van der Waals surface area contributed by atoms with Crippen LogP contribution < -0.4 is 17.2 Å². The highest BCUT2D eigenvalue weighted by atomic mass is 35.5. The van der Waals surface area contributed by atoms with Crippen LogP contribution in [-0.2, 0) is 16.0 Å². The lowest BCUT2D eigenvalue weighted by Gasteiger charge is -2.52. The number of ketones is 2. The molecule has 3 aliphatic carbocycles. The summed E-state index contributed by atoms with van der Waals surface area (Å²) in [6.07, 6.45) is -2.03. The lowest BCUT2D eigenvalue weighted by Crippen LogP contribution is -2.64. The Bertz CT molecular complexity index is 1070. The third kappa shape index (κ3) is 2.35. The molecule has 11 heteroatoms. The monoisotopic (exact) mass is 437 g/mol. The molecule has 0 heterocycles. The van der Waals surface area contributed by atoms with Gasteiger partial charge in [0.1, 0.15) is 17.4 Å². The number of primary amides is 1. The quantitative estimate of drug-likeness (QED) is 0.131. The first kappa shape index (κ1) is 20.5. The smallest absolute Gasteiger partial charge is 0.255 e. The molecule has 3 aliphatic rings. The third-order valence-electron chi connectivity index (χ3n) is 6.69. The minimum atomic E-state index is -2.42. The highest BCUT2D eigenvalue weighted by Crippen LogP contribution is 2.55. The van der Waals surface area contributed by atoms with Gasteiger partial charge in [0.15, 0.2) is 22.9 Å². The van der Waals surface area contributed by atoms with E-state index in [4.69, 9.17) is 28.8 Å². The second-order valence-electron chi connectivity index (χ2n) is 8.12. The first-order valence-corrected chi connectivity index (χ1v) is 9.60. The summed E-state index contributed by atoms with van der Waals surface area (Å²) in [5.41, 5.74) is 13.5. The minimum absolute atomic E-state index is 0.0302. The van der Waals surface area contributed by atoms with Gasteiger partial charge in [0.05, 0.1) is 27.9 Å². The number of carbonyl (C=O) groups excluding carboxylic acids is 3. The van der Waals surface area contributed by atoms with E-state index in [1.54, 1.807) is 0 Å². The number of hydrogen-bond donors (Lipinski definition) is 7. The molecule has 10 N–H and O–H groups in total. The Kier molecular flexibility index (Phi) is 4.32. The number of nitrogen functional groups attached to an aromatic ring is 2. The molecule has 30 heavy (non-hydrogen) atoms. The van der Waals surface area contributed by atoms with Gasteiger partial charge in [-0.1, -0.05) is 11.6 Å². The zero-order chi connectivity index (χ0) is 22.3. The summed E-state index contributed by atoms with van der Waals surface area (Å²) < 4.78 is 0. The van der Waals surface area contributed by atoms with E-state index in [9.17, 15) is 34.8 Å². The maximum atomic E-state index is 13.3. The molecule has 1 aromatic carbocycles. The first-order chi connectivity index (χ1) is 13.9. The topological polar surface area (TPSA) is 210 Å². The van der Waals surface area contributed by atoms with Crippen molar-refractivity contribution in [1.29, 1.82) is 0 Å². The molecule has 0 aromatic heterocycles. The summed E-state index contributed by atoms with van der Waals surface area (Å²) in [7, 11) is 0. The molecular formula is C19H20ClN3O7. The van der Waals surface area contributed by atoms with Crippen LogP contribution in [0.4, 0.5) is 11.4 Å². The van der Waals surface area contributed by atoms with Crippen LogP contribution in [0.2, 0.25) is 5.02 Å². The summed E-state index contributed by atoms with van der Waals surface area (Å²) in [5, 5.41) is 43.0. The largest absolute Gasteiger partial charge is 0.508 e. The Hall–Kier alpha value is -2.82. The average molecular weight is 438 g/mol. The second-order valence-corrected chi connectivity index (χ2v) is 8.49. The Balaban J connectivity index is 1.88. The van der Waals surface area contributed by atoms with E-state index in [-0.39, 0.29) is 46.8 Å². The fraction of sp³-hybridized carbons (Fsp3) is 0.421. The number of aromatic hydroxyl groups is 1. The van der Waals surface area contributed by atoms with Crippen LogP contribution in [0.1, 0.15) is 28.8 Å². The zero-order valence-electron chi connectivity index (χ0n) is 15.6. The Morgan fingerprint density at radius 1 is 1.13 bits per heavy atom. The van der Waals surface area contributed by atoms with Crippen molar-refractivity contribution in [2.75, 3.05) is 11.5 Å². The average Bonchev–Trinajstić information content (AvgIpc) is 2.67. The zero-order valence-corrected chi connectivity index (χ0v) is 16.3. The van der Waals surface area contributed by atoms with Crippen molar-refractivity contribution in [3.8, 4) is 5.75 Å². The van der Waals surface area contributed by atoms with E-state index in [0.717, 1.165) is 0 Å². The summed E-state index contributed by atoms with van der Waals surface area (Å²) in [6, 6.07) is 0. The van der Waals surface area contributed by atoms with Gasteiger partial charge in [0.25, 0.3) is 5.91 Å². The number of aliphatic hydroxyl groups is 3. The number of aliphatic hydroxyl groups excluding tert-OH is 2. The van der Waals surface area contributed by atoms with Crippen molar-refractivity contribution < 1.29 is 34.8 Å². The van der Waals surface area contributed by atoms with Gasteiger partial charge in [-0.05, 0) is 24.3 Å². The molecule has 5 unspecified atom stereocenters. The second kappa shape index (κ2) is 6.34. The molecule has 0 saturated heterocycles. The summed E-state index contributed by atoms with van der Waals surface area (Å²) >= 11 is 6.05. The van der Waals surface area contributed by atoms with Gasteiger partial charge < -0.3 is 37.6 Å². The fourth-order valence-corrected chi connectivity index (χ4v) is 5.42. The molecule has 4 rings (SSSR count). The number of carbonyl (C=O) groups is 3. The third-order valence-corrected chi connectivity index (χ3v) is 7.10. The van der Waals surface area contributed by atoms with Crippen LogP contribution in [-0.4, -0.2) is 49.6 Å². The molecule has 0 aliphatic heterocycles. The van der Waals surface area contributed by atoms with Crippen molar-refractivity contribution in [3.63, 3.8) is 0 Å². The van der Waals surface area contributed by atoms with Crippen LogP contribution in [0, 0.1) is 17.8 Å². The number of phenolic OH excluding ortho intramolecular Hbond substituents is 1. The van der Waals surface area contributed by atoms with Crippen molar-refractivity contribution >= 4 is 40.4 Å². The summed E-state index contributed by atoms with van der Waals surface area (Å²) in [4.78, 5) is 37.2. The van der Waals surface area contributed by atoms with E-state index in [1.165, 1.54) is 0 Å². The molecular weight excluding hydrogens is 418 g/mol. The molecule has 0 spiro atoms. The Morgan fingerprint density at radius 3 is 2.37 bits per heavy atom. The van der Waals surface area contributed by atoms with Crippen molar-refractivity contribution in [3.05, 3.63) is 27.5 Å². The number of benzene rings is 1. The Labute approximate surface area is 174 Å². The molecule has 1 saturated carbocycles. The summed E-state index contributed by atoms with van der Waals surface area (Å²) in [5.74, 6) is -7.14. The standard InChI is InChI=1S/C19H20ClN3O7/c20-11-12(21)6-2-4-1-5-3-7(24)10(18(23)29)17(28)19(5,30)16(27)8(4)14(25)9(6)15(26)13(11)22/h4-5,8,16,26-28,30H,1-3,21-22H2,(H2,23,29). The molecule has 1 aromatic rings. The van der Waals surface area contributed by atoms with Gasteiger partial charge in [-0.25, -0.2) is 0 Å². The van der Waals surface area contributed by atoms with Gasteiger partial charge >= 0.3 is 0 Å². The van der Waals surface area contributed by atoms with Gasteiger partial charge in [0.2, 0.25) is 0 Å². The number of halogens is 1. The molecule has 1 amide bonds. The lowest BCUT2D eigenvalue weighted by atomic mass is 9.55. The van der Waals surface area contributed by atoms with E-state index in [0.29, 0.717) is 0 Å². The van der Waals surface area contributed by atoms with Crippen molar-refractivity contribution in [2.24, 2.45) is 23.5 Å². The maximum absolute atomic E-state index is 13.3. The lowest BCUT2D eigenvalue weighted by molar-refractivity contribution is -0.170. The number of hydrogen-bond acceptors (Lipinski definition) is 9. The molecule has 160 valence electrons. The molecule has 5 atom stereocenters. The minimum Gasteiger partial charge on any atom is -0.508 e. The van der Waals surface area contributed by atoms with Crippen LogP contribution in [0.3, 0.4) is 0 Å². The van der Waals surface area contributed by atoms with Gasteiger partial charge in [-0.15, -0.1) is 0 Å². The maximum Gasteiger partial charge on any atom is 0.255 e. The molecule has 0 radical (unpaired) electrons. The van der Waals surface area contributed by atoms with E-state index >= 15 is 0 Å². The predicted molar refractivity (Wildman–Crippen MR) is 104 cm³/mol. The van der Waals surface area contributed by atoms with Crippen molar-refractivity contribution in [2.45, 2.75) is 31.0 Å². The van der Waals surface area contributed by atoms with Gasteiger partial charge in [0, 0.05) is 12.3 Å². The fourth-order valence-electron chi connectivity index (χ4n) is 5.22. The molecule has 1 fully saturated rings. The van der Waals surface area contributed by atoms with Crippen LogP contribution >= 0.6 is 11.6 Å². The number of phenols is 1. The van der Waals surface area contributed by atoms with Gasteiger partial charge in [-0.2, -0.15) is 0 Å². The van der Waals surface area contributed by atoms with E-state index in [2.05, 4.69) is 0 Å². The number of fused-ring (bicyclic) bond motifs is 3. The predicted octanol–water partition coefficient (Wildman–Crippen LogP) is -0.437. The normalized spacial score (nSPS) is 33.0. The van der Waals surface area contributed by atoms with Crippen LogP contribution in [0.15, 0.2) is 11.3 Å². The van der Waals surface area contributed by atoms with E-state index in [1.807, 2.05) is 0 Å². The van der Waals surface area contributed by atoms with Crippen molar-refractivity contribution in [1.82, 2.24) is 0 Å². The molecule has 10 nitrogen and oxygen atoms in total. The highest BCUT2D eigenvalue weighted by molar-refractivity contribution is 6.36. The SMILES string of the molecule is NC(=O)C1=C(O)C2(O)C(CC1=O)CC1Cc3c(N)c(Cl)c(N)c(O)c3C(=O)C1C2O. The Morgan fingerprint density at radius 2 is 1.77 bits per heavy atom. The van der Waals surface area contributed by atoms with Gasteiger partial charge in [-0.3, -0.25) is 14.4 Å². The first-order valence-electron chi connectivity index (χ1n) is 9.22. The highest BCUT2D eigenvalue weighted by Gasteiger charge is 2.62. The number of rotatable bonds is 1. The number of anilines is 2. The van der Waals surface area contributed by atoms with Crippen LogP contribution in [0.25, 0.3) is 0 Å². The van der Waals surface area contributed by atoms with Crippen LogP contribution in [0.5, 0.6) is 5.75 Å². The van der Waals surface area contributed by atoms with E-state index < -0.39 is 64.0 Å². The number of Topliss-reactive ketones (excluding diaryl/α,β-unsaturated/α-hetero) is 2.